The fourth-order valence-corrected chi connectivity index (χ4v) is 2.35. The summed E-state index contributed by atoms with van der Waals surface area (Å²) in [4.78, 5) is 28.2. The van der Waals surface area contributed by atoms with Crippen LogP contribution < -0.4 is 10.6 Å². The molecule has 0 radical (unpaired) electrons. The molecule has 2 N–H and O–H groups in total. The van der Waals surface area contributed by atoms with Gasteiger partial charge in [0.1, 0.15) is 17.4 Å². The molecule has 1 aliphatic heterocycles. The van der Waals surface area contributed by atoms with E-state index < -0.39 is 6.04 Å². The zero-order chi connectivity index (χ0) is 13.9. The van der Waals surface area contributed by atoms with Gasteiger partial charge in [-0.3, -0.25) is 9.59 Å². The minimum Gasteiger partial charge on any atom is -0.354 e. The van der Waals surface area contributed by atoms with Crippen molar-refractivity contribution in [1.82, 2.24) is 20.0 Å². The highest BCUT2D eigenvalue weighted by atomic mass is 16.2. The molecule has 0 bridgehead atoms. The largest absolute Gasteiger partial charge is 0.354 e. The number of hydrogen-bond acceptors (Lipinski definition) is 3. The number of fused-ring (bicyclic) bond motifs is 1. The summed E-state index contributed by atoms with van der Waals surface area (Å²) in [6, 6.07) is 5.10. The van der Waals surface area contributed by atoms with Gasteiger partial charge in [-0.15, -0.1) is 0 Å². The molecular formula is C14H16N4O2. The SMILES string of the molecule is O=C(N[C@@H]1CCCCNC1=O)c1cn2ccccc2n1. The maximum absolute atomic E-state index is 12.2. The van der Waals surface area contributed by atoms with Crippen LogP contribution in [0.3, 0.4) is 0 Å². The van der Waals surface area contributed by atoms with Gasteiger partial charge in [-0.2, -0.15) is 0 Å². The fourth-order valence-electron chi connectivity index (χ4n) is 2.35. The third-order valence-electron chi connectivity index (χ3n) is 3.44. The molecule has 0 aliphatic carbocycles. The Hall–Kier alpha value is -2.37. The lowest BCUT2D eigenvalue weighted by Gasteiger charge is -2.13. The van der Waals surface area contributed by atoms with E-state index in [1.807, 2.05) is 24.4 Å². The van der Waals surface area contributed by atoms with Gasteiger partial charge in [0.2, 0.25) is 5.91 Å². The average molecular weight is 272 g/mol. The first-order valence-electron chi connectivity index (χ1n) is 6.76. The number of hydrogen-bond donors (Lipinski definition) is 2. The van der Waals surface area contributed by atoms with E-state index in [1.165, 1.54) is 0 Å². The Morgan fingerprint density at radius 1 is 1.40 bits per heavy atom. The standard InChI is InChI=1S/C14H16N4O2/c19-13-10(5-1-3-7-15-13)17-14(20)11-9-18-8-4-2-6-12(18)16-11/h2,4,6,8-10H,1,3,5,7H2,(H,15,19)(H,17,20)/t10-/m1/s1. The zero-order valence-electron chi connectivity index (χ0n) is 11.0. The number of amides is 2. The number of imidazole rings is 1. The zero-order valence-corrected chi connectivity index (χ0v) is 11.0. The Balaban J connectivity index is 1.76. The highest BCUT2D eigenvalue weighted by Crippen LogP contribution is 2.08. The summed E-state index contributed by atoms with van der Waals surface area (Å²) >= 11 is 0. The topological polar surface area (TPSA) is 75.5 Å². The molecule has 1 fully saturated rings. The van der Waals surface area contributed by atoms with Gasteiger partial charge in [0.25, 0.3) is 5.91 Å². The van der Waals surface area contributed by atoms with Crippen LogP contribution in [0, 0.1) is 0 Å². The van der Waals surface area contributed by atoms with Crippen LogP contribution in [0.1, 0.15) is 29.8 Å². The number of carbonyl (C=O) groups excluding carboxylic acids is 2. The normalized spacial score (nSPS) is 19.4. The van der Waals surface area contributed by atoms with E-state index in [0.29, 0.717) is 24.3 Å². The van der Waals surface area contributed by atoms with Gasteiger partial charge in [-0.1, -0.05) is 6.07 Å². The molecule has 2 aromatic rings. The summed E-state index contributed by atoms with van der Waals surface area (Å²) in [5, 5.41) is 5.56. The molecule has 6 heteroatoms. The number of carbonyl (C=O) groups is 2. The molecule has 104 valence electrons. The number of nitrogens with zero attached hydrogens (tertiary/aromatic N) is 2. The Kier molecular flexibility index (Phi) is 3.37. The highest BCUT2D eigenvalue weighted by molar-refractivity contribution is 5.96. The van der Waals surface area contributed by atoms with Crippen LogP contribution >= 0.6 is 0 Å². The van der Waals surface area contributed by atoms with Gasteiger partial charge in [-0.05, 0) is 31.4 Å². The molecule has 2 aromatic heterocycles. The molecule has 1 aliphatic rings. The van der Waals surface area contributed by atoms with Crippen LogP contribution in [0.2, 0.25) is 0 Å². The molecule has 0 aromatic carbocycles. The Morgan fingerprint density at radius 2 is 2.30 bits per heavy atom. The second-order valence-corrected chi connectivity index (χ2v) is 4.91. The Labute approximate surface area is 116 Å². The minimum absolute atomic E-state index is 0.111. The van der Waals surface area contributed by atoms with Crippen LogP contribution in [0.4, 0.5) is 0 Å². The lowest BCUT2D eigenvalue weighted by molar-refractivity contribution is -0.122. The van der Waals surface area contributed by atoms with Gasteiger partial charge in [0.05, 0.1) is 0 Å². The summed E-state index contributed by atoms with van der Waals surface area (Å²) in [6.45, 7) is 0.680. The summed E-state index contributed by atoms with van der Waals surface area (Å²) in [5.74, 6) is -0.421. The highest BCUT2D eigenvalue weighted by Gasteiger charge is 2.23. The van der Waals surface area contributed by atoms with Crippen LogP contribution in [0.25, 0.3) is 5.65 Å². The Morgan fingerprint density at radius 3 is 3.15 bits per heavy atom. The summed E-state index contributed by atoms with van der Waals surface area (Å²) < 4.78 is 1.78. The maximum atomic E-state index is 12.2. The van der Waals surface area contributed by atoms with Crippen molar-refractivity contribution in [3.8, 4) is 0 Å². The van der Waals surface area contributed by atoms with Gasteiger partial charge in [-0.25, -0.2) is 4.98 Å². The molecule has 6 nitrogen and oxygen atoms in total. The first-order chi connectivity index (χ1) is 9.74. The van der Waals surface area contributed by atoms with Gasteiger partial charge >= 0.3 is 0 Å². The van der Waals surface area contributed by atoms with Crippen molar-refractivity contribution in [1.29, 1.82) is 0 Å². The third-order valence-corrected chi connectivity index (χ3v) is 3.44. The number of nitrogens with one attached hydrogen (secondary N) is 2. The minimum atomic E-state index is -0.463. The lowest BCUT2D eigenvalue weighted by atomic mass is 10.1. The smallest absolute Gasteiger partial charge is 0.272 e. The number of aromatic nitrogens is 2. The van der Waals surface area contributed by atoms with Gasteiger partial charge in [0.15, 0.2) is 0 Å². The molecule has 1 saturated heterocycles. The first kappa shape index (κ1) is 12.7. The van der Waals surface area contributed by atoms with Crippen LogP contribution in [-0.4, -0.2) is 33.8 Å². The summed E-state index contributed by atoms with van der Waals surface area (Å²) in [6.07, 6.45) is 6.04. The van der Waals surface area contributed by atoms with E-state index in [9.17, 15) is 9.59 Å². The van der Waals surface area contributed by atoms with Gasteiger partial charge in [0, 0.05) is 18.9 Å². The molecule has 20 heavy (non-hydrogen) atoms. The molecule has 0 saturated carbocycles. The van der Waals surface area contributed by atoms with Crippen molar-refractivity contribution < 1.29 is 9.59 Å². The van der Waals surface area contributed by atoms with Crippen molar-refractivity contribution in [2.75, 3.05) is 6.54 Å². The van der Waals surface area contributed by atoms with Crippen molar-refractivity contribution in [2.24, 2.45) is 0 Å². The van der Waals surface area contributed by atoms with Crippen molar-refractivity contribution >= 4 is 17.5 Å². The van der Waals surface area contributed by atoms with E-state index in [4.69, 9.17) is 0 Å². The molecular weight excluding hydrogens is 256 g/mol. The maximum Gasteiger partial charge on any atom is 0.272 e. The molecule has 3 rings (SSSR count). The summed E-state index contributed by atoms with van der Waals surface area (Å²) in [7, 11) is 0. The number of pyridine rings is 1. The van der Waals surface area contributed by atoms with E-state index in [2.05, 4.69) is 15.6 Å². The van der Waals surface area contributed by atoms with E-state index >= 15 is 0 Å². The van der Waals surface area contributed by atoms with Crippen molar-refractivity contribution in [2.45, 2.75) is 25.3 Å². The third kappa shape index (κ3) is 2.49. The Bertz CT molecular complexity index is 616. The molecule has 2 amide bonds. The quantitative estimate of drug-likeness (QED) is 0.846. The fraction of sp³-hybridized carbons (Fsp3) is 0.357. The van der Waals surface area contributed by atoms with Crippen molar-refractivity contribution in [3.05, 3.63) is 36.3 Å². The molecule has 1 atom stereocenters. The molecule has 0 spiro atoms. The van der Waals surface area contributed by atoms with Gasteiger partial charge < -0.3 is 15.0 Å². The van der Waals surface area contributed by atoms with Crippen molar-refractivity contribution in [3.63, 3.8) is 0 Å². The number of rotatable bonds is 2. The second kappa shape index (κ2) is 5.32. The predicted octanol–water partition coefficient (Wildman–Crippen LogP) is 0.733. The van der Waals surface area contributed by atoms with Crippen LogP contribution in [0.5, 0.6) is 0 Å². The van der Waals surface area contributed by atoms with E-state index in [-0.39, 0.29) is 11.8 Å². The average Bonchev–Trinajstić information content (AvgIpc) is 2.79. The predicted molar refractivity (Wildman–Crippen MR) is 73.3 cm³/mol. The first-order valence-corrected chi connectivity index (χ1v) is 6.76. The lowest BCUT2D eigenvalue weighted by Crippen LogP contribution is -2.45. The molecule has 0 unspecified atom stereocenters. The second-order valence-electron chi connectivity index (χ2n) is 4.91. The monoisotopic (exact) mass is 272 g/mol. The summed E-state index contributed by atoms with van der Waals surface area (Å²) in [5.41, 5.74) is 1.04. The van der Waals surface area contributed by atoms with E-state index in [0.717, 1.165) is 12.8 Å². The van der Waals surface area contributed by atoms with E-state index in [1.54, 1.807) is 10.6 Å². The van der Waals surface area contributed by atoms with Crippen LogP contribution in [-0.2, 0) is 4.79 Å². The van der Waals surface area contributed by atoms with Crippen LogP contribution in [0.15, 0.2) is 30.6 Å². The molecule has 3 heterocycles.